The number of ether oxygens (including phenoxy) is 2. The third-order valence-electron chi connectivity index (χ3n) is 3.93. The summed E-state index contributed by atoms with van der Waals surface area (Å²) in [7, 11) is 3.15. The number of aromatic carboxylic acids is 1. The fourth-order valence-corrected chi connectivity index (χ4v) is 2.49. The summed E-state index contributed by atoms with van der Waals surface area (Å²) in [5.74, 6) is -0.579. The van der Waals surface area contributed by atoms with Crippen molar-refractivity contribution in [2.45, 2.75) is 0 Å². The third-order valence-corrected chi connectivity index (χ3v) is 3.93. The molecule has 8 nitrogen and oxygen atoms in total. The van der Waals surface area contributed by atoms with Gasteiger partial charge in [-0.3, -0.25) is 9.79 Å². The number of benzene rings is 2. The maximum atomic E-state index is 12.2. The number of hydrogen-bond donors (Lipinski definition) is 3. The molecule has 0 aliphatic rings. The van der Waals surface area contributed by atoms with E-state index in [0.717, 1.165) is 0 Å². The molecule has 8 heteroatoms. The summed E-state index contributed by atoms with van der Waals surface area (Å²) in [6, 6.07) is 11.4. The quantitative estimate of drug-likeness (QED) is 0.432. The topological polar surface area (TPSA) is 123 Å². The first-order valence-corrected chi connectivity index (χ1v) is 8.93. The van der Waals surface area contributed by atoms with E-state index in [1.807, 2.05) is 0 Å². The molecule has 2 rings (SSSR count). The molecule has 0 saturated carbocycles. The van der Waals surface area contributed by atoms with Crippen LogP contribution in [0.15, 0.2) is 65.3 Å². The number of carbonyl (C=O) groups excluding carboxylic acids is 1. The van der Waals surface area contributed by atoms with Crippen molar-refractivity contribution >= 4 is 29.9 Å². The largest absolute Gasteiger partial charge is 0.493 e. The Kier molecular flexibility index (Phi) is 8.19. The Labute approximate surface area is 174 Å². The Balaban J connectivity index is 2.08. The van der Waals surface area contributed by atoms with Gasteiger partial charge in [0.1, 0.15) is 6.61 Å². The SMILES string of the molecule is CN=CC(=CN)COc1ccc(/C=C/C(=O)Nc2ccccc2C(=O)O)cc1OC. The van der Waals surface area contributed by atoms with Gasteiger partial charge in [-0.25, -0.2) is 4.79 Å². The summed E-state index contributed by atoms with van der Waals surface area (Å²) >= 11 is 0. The van der Waals surface area contributed by atoms with Crippen LogP contribution < -0.4 is 20.5 Å². The lowest BCUT2D eigenvalue weighted by Crippen LogP contribution is -2.11. The molecule has 0 heterocycles. The van der Waals surface area contributed by atoms with Crippen LogP contribution >= 0.6 is 0 Å². The number of hydrogen-bond acceptors (Lipinski definition) is 6. The zero-order valence-electron chi connectivity index (χ0n) is 16.7. The second-order valence-electron chi connectivity index (χ2n) is 6.00. The highest BCUT2D eigenvalue weighted by atomic mass is 16.5. The van der Waals surface area contributed by atoms with E-state index in [4.69, 9.17) is 15.2 Å². The highest BCUT2D eigenvalue weighted by Crippen LogP contribution is 2.29. The lowest BCUT2D eigenvalue weighted by Gasteiger charge is -2.11. The summed E-state index contributed by atoms with van der Waals surface area (Å²) in [6.45, 7) is 0.227. The van der Waals surface area contributed by atoms with Gasteiger partial charge < -0.3 is 25.6 Å². The van der Waals surface area contributed by atoms with E-state index in [0.29, 0.717) is 22.6 Å². The molecule has 30 heavy (non-hydrogen) atoms. The van der Waals surface area contributed by atoms with E-state index >= 15 is 0 Å². The zero-order valence-corrected chi connectivity index (χ0v) is 16.7. The second kappa shape index (κ2) is 11.1. The molecule has 0 fully saturated rings. The Morgan fingerprint density at radius 1 is 1.20 bits per heavy atom. The van der Waals surface area contributed by atoms with Gasteiger partial charge in [0.15, 0.2) is 11.5 Å². The number of para-hydroxylation sites is 1. The van der Waals surface area contributed by atoms with Crippen LogP contribution in [0.1, 0.15) is 15.9 Å². The molecule has 0 spiro atoms. The predicted octanol–water partition coefficient (Wildman–Crippen LogP) is 2.97. The van der Waals surface area contributed by atoms with Crippen LogP contribution in [0.3, 0.4) is 0 Å². The number of nitrogens with two attached hydrogens (primary N) is 1. The maximum Gasteiger partial charge on any atom is 0.337 e. The smallest absolute Gasteiger partial charge is 0.337 e. The monoisotopic (exact) mass is 409 g/mol. The number of amides is 1. The van der Waals surface area contributed by atoms with Gasteiger partial charge in [-0.1, -0.05) is 18.2 Å². The molecule has 2 aromatic rings. The average molecular weight is 409 g/mol. The minimum Gasteiger partial charge on any atom is -0.493 e. The normalized spacial score (nSPS) is 11.6. The lowest BCUT2D eigenvalue weighted by molar-refractivity contribution is -0.111. The van der Waals surface area contributed by atoms with Gasteiger partial charge in [-0.15, -0.1) is 0 Å². The van der Waals surface area contributed by atoms with Gasteiger partial charge in [-0.2, -0.15) is 0 Å². The molecular weight excluding hydrogens is 386 g/mol. The van der Waals surface area contributed by atoms with Gasteiger partial charge in [0, 0.05) is 31.1 Å². The summed E-state index contributed by atoms with van der Waals surface area (Å²) in [5.41, 5.74) is 7.17. The van der Waals surface area contributed by atoms with Crippen LogP contribution in [0.5, 0.6) is 11.5 Å². The van der Waals surface area contributed by atoms with Crippen molar-refractivity contribution in [2.24, 2.45) is 10.7 Å². The van der Waals surface area contributed by atoms with Crippen molar-refractivity contribution in [2.75, 3.05) is 26.1 Å². The number of rotatable bonds is 9. The number of carbonyl (C=O) groups is 2. The average Bonchev–Trinajstić information content (AvgIpc) is 2.75. The minimum atomic E-state index is -1.12. The Bertz CT molecular complexity index is 996. The first kappa shape index (κ1) is 22.2. The lowest BCUT2D eigenvalue weighted by atomic mass is 10.1. The molecule has 0 radical (unpaired) electrons. The van der Waals surface area contributed by atoms with Crippen molar-refractivity contribution in [3.8, 4) is 11.5 Å². The van der Waals surface area contributed by atoms with Crippen LogP contribution in [-0.4, -0.2) is 44.0 Å². The summed E-state index contributed by atoms with van der Waals surface area (Å²) in [4.78, 5) is 27.3. The van der Waals surface area contributed by atoms with Gasteiger partial charge in [0.25, 0.3) is 0 Å². The Hall–Kier alpha value is -4.07. The number of carboxylic acids is 1. The zero-order chi connectivity index (χ0) is 21.9. The molecule has 0 aromatic heterocycles. The minimum absolute atomic E-state index is 0.0152. The van der Waals surface area contributed by atoms with Crippen molar-refractivity contribution in [1.82, 2.24) is 0 Å². The molecule has 0 aliphatic carbocycles. The number of nitrogens with zero attached hydrogens (tertiary/aromatic N) is 1. The molecule has 156 valence electrons. The molecule has 0 aliphatic heterocycles. The summed E-state index contributed by atoms with van der Waals surface area (Å²) in [6.07, 6.45) is 5.91. The fraction of sp³-hybridized carbons (Fsp3) is 0.136. The van der Waals surface area contributed by atoms with E-state index in [2.05, 4.69) is 10.3 Å². The molecular formula is C22H23N3O5. The standard InChI is InChI=1S/C22H23N3O5/c1-24-13-16(12-23)14-30-19-9-7-15(11-20(19)29-2)8-10-21(26)25-18-6-4-3-5-17(18)22(27)28/h3-13H,14,23H2,1-2H3,(H,25,26)(H,27,28)/b10-8+,16-12?,24-13?. The number of carboxylic acid groups (broad SMARTS) is 1. The first-order chi connectivity index (χ1) is 14.5. The van der Waals surface area contributed by atoms with Gasteiger partial charge in [0.2, 0.25) is 5.91 Å². The van der Waals surface area contributed by atoms with Crippen LogP contribution in [0.4, 0.5) is 5.69 Å². The highest BCUT2D eigenvalue weighted by molar-refractivity contribution is 6.06. The molecule has 1 amide bonds. The fourth-order valence-electron chi connectivity index (χ4n) is 2.49. The van der Waals surface area contributed by atoms with Crippen molar-refractivity contribution < 1.29 is 24.2 Å². The predicted molar refractivity (Wildman–Crippen MR) is 116 cm³/mol. The second-order valence-corrected chi connectivity index (χ2v) is 6.00. The number of aliphatic imine (C=N–C) groups is 1. The third kappa shape index (κ3) is 6.23. The van der Waals surface area contributed by atoms with Crippen LogP contribution in [0.25, 0.3) is 6.08 Å². The van der Waals surface area contributed by atoms with Gasteiger partial charge in [-0.05, 0) is 35.9 Å². The number of nitrogens with one attached hydrogen (secondary N) is 1. The number of anilines is 1. The highest BCUT2D eigenvalue weighted by Gasteiger charge is 2.10. The van der Waals surface area contributed by atoms with Crippen molar-refractivity contribution in [3.05, 3.63) is 71.4 Å². The van der Waals surface area contributed by atoms with E-state index in [1.54, 1.807) is 49.7 Å². The molecule has 2 aromatic carbocycles. The van der Waals surface area contributed by atoms with Gasteiger partial charge in [0.05, 0.1) is 18.4 Å². The van der Waals surface area contributed by atoms with Crippen molar-refractivity contribution in [3.63, 3.8) is 0 Å². The number of methoxy groups -OCH3 is 1. The van der Waals surface area contributed by atoms with E-state index in [9.17, 15) is 14.7 Å². The van der Waals surface area contributed by atoms with Crippen LogP contribution in [0.2, 0.25) is 0 Å². The van der Waals surface area contributed by atoms with E-state index in [1.165, 1.54) is 31.5 Å². The van der Waals surface area contributed by atoms with E-state index in [-0.39, 0.29) is 17.9 Å². The van der Waals surface area contributed by atoms with Crippen LogP contribution in [-0.2, 0) is 4.79 Å². The summed E-state index contributed by atoms with van der Waals surface area (Å²) < 4.78 is 11.1. The van der Waals surface area contributed by atoms with Crippen LogP contribution in [0, 0.1) is 0 Å². The Morgan fingerprint density at radius 3 is 2.63 bits per heavy atom. The Morgan fingerprint density at radius 2 is 1.97 bits per heavy atom. The molecule has 0 saturated heterocycles. The van der Waals surface area contributed by atoms with Crippen molar-refractivity contribution in [1.29, 1.82) is 0 Å². The molecule has 0 atom stereocenters. The summed E-state index contributed by atoms with van der Waals surface area (Å²) in [5, 5.41) is 11.7. The molecule has 0 bridgehead atoms. The van der Waals surface area contributed by atoms with Gasteiger partial charge >= 0.3 is 5.97 Å². The maximum absolute atomic E-state index is 12.2. The first-order valence-electron chi connectivity index (χ1n) is 8.93. The molecule has 4 N–H and O–H groups in total. The van der Waals surface area contributed by atoms with E-state index < -0.39 is 11.9 Å². The molecule has 0 unspecified atom stereocenters.